The monoisotopic (exact) mass is 515 g/mol. The van der Waals surface area contributed by atoms with Gasteiger partial charge in [0.05, 0.1) is 18.1 Å². The normalized spacial score (nSPS) is 18.5. The number of imidazole rings is 1. The Kier molecular flexibility index (Phi) is 6.43. The molecule has 0 bridgehead atoms. The van der Waals surface area contributed by atoms with Gasteiger partial charge in [0, 0.05) is 30.6 Å². The summed E-state index contributed by atoms with van der Waals surface area (Å²) in [5.41, 5.74) is 1.63. The number of nitrogens with one attached hydrogen (secondary N) is 2. The molecule has 2 aromatic heterocycles. The maximum atomic E-state index is 11.9. The molecule has 13 heteroatoms. The highest BCUT2D eigenvalue weighted by Crippen LogP contribution is 2.39. The fourth-order valence-electron chi connectivity index (χ4n) is 4.41. The molecule has 35 heavy (non-hydrogen) atoms. The number of rotatable bonds is 6. The van der Waals surface area contributed by atoms with E-state index in [4.69, 9.17) is 19.9 Å². The summed E-state index contributed by atoms with van der Waals surface area (Å²) in [6, 6.07) is 5.63. The van der Waals surface area contributed by atoms with Gasteiger partial charge in [-0.3, -0.25) is 5.41 Å². The molecule has 5 rings (SSSR count). The number of benzene rings is 1. The largest absolute Gasteiger partial charge is 0.486 e. The van der Waals surface area contributed by atoms with Gasteiger partial charge in [-0.1, -0.05) is 11.8 Å². The Labute approximate surface area is 206 Å². The van der Waals surface area contributed by atoms with Crippen LogP contribution in [0.15, 0.2) is 28.5 Å². The third-order valence-electron chi connectivity index (χ3n) is 6.20. The molecule has 0 radical (unpaired) electrons. The van der Waals surface area contributed by atoms with Crippen molar-refractivity contribution in [2.45, 2.75) is 35.9 Å². The van der Waals surface area contributed by atoms with E-state index in [-0.39, 0.29) is 11.4 Å². The molecule has 1 atom stereocenters. The number of aromatic nitrogens is 4. The maximum absolute atomic E-state index is 11.9. The molecule has 11 nitrogen and oxygen atoms in total. The first-order chi connectivity index (χ1) is 16.8. The van der Waals surface area contributed by atoms with E-state index in [9.17, 15) is 13.7 Å². The van der Waals surface area contributed by atoms with Gasteiger partial charge in [-0.2, -0.15) is 5.26 Å². The van der Waals surface area contributed by atoms with Gasteiger partial charge in [-0.05, 0) is 31.2 Å². The van der Waals surface area contributed by atoms with E-state index in [1.54, 1.807) is 22.8 Å². The summed E-state index contributed by atoms with van der Waals surface area (Å²) in [6.45, 7) is 2.60. The standard InChI is InChI=1S/C22H25N7O4S2/c1-35(30,31)29-5-2-3-14(12-29)4-6-28-13-25-20(24)19-21(28)27-22(26-19)34-18-10-17-16(9-15(18)11-23)32-7-8-33-17/h9-10,13-14,24H,2-8,12H2,1H3,(H,26,27). The van der Waals surface area contributed by atoms with E-state index in [0.717, 1.165) is 19.3 Å². The number of nitriles is 1. The van der Waals surface area contributed by atoms with Crippen molar-refractivity contribution < 1.29 is 17.9 Å². The fraction of sp³-hybridized carbons (Fsp3) is 0.455. The Balaban J connectivity index is 1.38. The van der Waals surface area contributed by atoms with Crippen LogP contribution in [0.4, 0.5) is 0 Å². The number of H-pyrrole nitrogens is 1. The predicted molar refractivity (Wildman–Crippen MR) is 128 cm³/mol. The van der Waals surface area contributed by atoms with Gasteiger partial charge in [0.1, 0.15) is 24.8 Å². The lowest BCUT2D eigenvalue weighted by Gasteiger charge is -2.31. The van der Waals surface area contributed by atoms with E-state index >= 15 is 0 Å². The lowest BCUT2D eigenvalue weighted by molar-refractivity contribution is 0.171. The summed E-state index contributed by atoms with van der Waals surface area (Å²) < 4.78 is 38.5. The van der Waals surface area contributed by atoms with Crippen molar-refractivity contribution in [2.24, 2.45) is 5.92 Å². The Hall–Kier alpha value is -3.08. The van der Waals surface area contributed by atoms with Crippen LogP contribution in [-0.4, -0.2) is 64.8 Å². The summed E-state index contributed by atoms with van der Waals surface area (Å²) >= 11 is 1.28. The Morgan fingerprint density at radius 2 is 2.09 bits per heavy atom. The van der Waals surface area contributed by atoms with Gasteiger partial charge in [0.25, 0.3) is 0 Å². The molecule has 2 N–H and O–H groups in total. The van der Waals surface area contributed by atoms with Crippen molar-refractivity contribution in [1.82, 2.24) is 23.8 Å². The van der Waals surface area contributed by atoms with Gasteiger partial charge < -0.3 is 19.0 Å². The van der Waals surface area contributed by atoms with Crippen molar-refractivity contribution in [2.75, 3.05) is 32.6 Å². The summed E-state index contributed by atoms with van der Waals surface area (Å²) in [5.74, 6) is 1.39. The van der Waals surface area contributed by atoms with E-state index < -0.39 is 10.0 Å². The highest BCUT2D eigenvalue weighted by molar-refractivity contribution is 7.99. The quantitative estimate of drug-likeness (QED) is 0.507. The van der Waals surface area contributed by atoms with Crippen LogP contribution in [0.1, 0.15) is 24.8 Å². The number of aromatic amines is 1. The van der Waals surface area contributed by atoms with Crippen LogP contribution in [0.25, 0.3) is 11.2 Å². The van der Waals surface area contributed by atoms with E-state index in [1.807, 2.05) is 4.57 Å². The molecular formula is C22H25N7O4S2. The Bertz CT molecular complexity index is 1480. The zero-order valence-electron chi connectivity index (χ0n) is 19.2. The number of fused-ring (bicyclic) bond motifs is 2. The van der Waals surface area contributed by atoms with Crippen LogP contribution in [0.2, 0.25) is 0 Å². The number of hydrogen-bond donors (Lipinski definition) is 2. The smallest absolute Gasteiger partial charge is 0.211 e. The minimum absolute atomic E-state index is 0.0826. The van der Waals surface area contributed by atoms with Crippen molar-refractivity contribution in [1.29, 1.82) is 10.7 Å². The zero-order chi connectivity index (χ0) is 24.6. The molecule has 184 valence electrons. The van der Waals surface area contributed by atoms with E-state index in [2.05, 4.69) is 16.0 Å². The molecule has 1 saturated heterocycles. The molecule has 1 aromatic carbocycles. The predicted octanol–water partition coefficient (Wildman–Crippen LogP) is 2.09. The fourth-order valence-corrected chi connectivity index (χ4v) is 6.22. The van der Waals surface area contributed by atoms with E-state index in [1.165, 1.54) is 18.0 Å². The van der Waals surface area contributed by atoms with Crippen LogP contribution in [0.3, 0.4) is 0 Å². The first-order valence-electron chi connectivity index (χ1n) is 11.3. The minimum atomic E-state index is -3.19. The van der Waals surface area contributed by atoms with Crippen molar-refractivity contribution in [3.8, 4) is 17.6 Å². The number of sulfonamides is 1. The second kappa shape index (κ2) is 9.52. The minimum Gasteiger partial charge on any atom is -0.486 e. The summed E-state index contributed by atoms with van der Waals surface area (Å²) in [7, 11) is -3.19. The van der Waals surface area contributed by atoms with Gasteiger partial charge in [-0.15, -0.1) is 0 Å². The summed E-state index contributed by atoms with van der Waals surface area (Å²) in [5, 5.41) is 18.4. The molecule has 0 spiro atoms. The lowest BCUT2D eigenvalue weighted by atomic mass is 9.96. The number of nitrogens with zero attached hydrogens (tertiary/aromatic N) is 5. The topological polar surface area (TPSA) is 150 Å². The van der Waals surface area contributed by atoms with Crippen LogP contribution in [-0.2, 0) is 16.6 Å². The molecule has 3 aromatic rings. The highest BCUT2D eigenvalue weighted by atomic mass is 32.2. The molecule has 0 saturated carbocycles. The molecule has 0 amide bonds. The zero-order valence-corrected chi connectivity index (χ0v) is 20.8. The molecule has 2 aliphatic heterocycles. The average Bonchev–Trinajstić information content (AvgIpc) is 3.27. The van der Waals surface area contributed by atoms with Crippen LogP contribution >= 0.6 is 11.8 Å². The van der Waals surface area contributed by atoms with Crippen LogP contribution in [0, 0.1) is 22.7 Å². The van der Waals surface area contributed by atoms with Crippen molar-refractivity contribution in [3.05, 3.63) is 29.5 Å². The highest BCUT2D eigenvalue weighted by Gasteiger charge is 2.26. The third-order valence-corrected chi connectivity index (χ3v) is 8.41. The number of ether oxygens (including phenoxy) is 2. The van der Waals surface area contributed by atoms with Crippen molar-refractivity contribution in [3.63, 3.8) is 0 Å². The Morgan fingerprint density at radius 1 is 1.31 bits per heavy atom. The maximum Gasteiger partial charge on any atom is 0.211 e. The lowest BCUT2D eigenvalue weighted by Crippen LogP contribution is -2.39. The van der Waals surface area contributed by atoms with Crippen LogP contribution in [0.5, 0.6) is 11.5 Å². The first-order valence-corrected chi connectivity index (χ1v) is 13.9. The third kappa shape index (κ3) is 5.00. The van der Waals surface area contributed by atoms with Gasteiger partial charge in [0.15, 0.2) is 27.8 Å². The Morgan fingerprint density at radius 3 is 2.83 bits per heavy atom. The molecule has 1 unspecified atom stereocenters. The SMILES string of the molecule is CS(=O)(=O)N1CCCC(CCn2cnc(=N)c3[nH]c(Sc4cc5c(cc4C#N)OCCO5)nc32)C1. The first kappa shape index (κ1) is 23.7. The number of hydrogen-bond acceptors (Lipinski definition) is 9. The second-order valence-electron chi connectivity index (χ2n) is 8.65. The van der Waals surface area contributed by atoms with Gasteiger partial charge >= 0.3 is 0 Å². The average molecular weight is 516 g/mol. The number of aryl methyl sites for hydroxylation is 1. The molecule has 2 aliphatic rings. The summed E-state index contributed by atoms with van der Waals surface area (Å²) in [4.78, 5) is 12.7. The summed E-state index contributed by atoms with van der Waals surface area (Å²) in [6.07, 6.45) is 5.46. The van der Waals surface area contributed by atoms with Crippen molar-refractivity contribution >= 4 is 32.9 Å². The molecule has 4 heterocycles. The molecular weight excluding hydrogens is 490 g/mol. The molecule has 1 fully saturated rings. The van der Waals surface area contributed by atoms with E-state index in [0.29, 0.717) is 71.1 Å². The van der Waals surface area contributed by atoms with Crippen LogP contribution < -0.4 is 15.0 Å². The molecule has 0 aliphatic carbocycles. The second-order valence-corrected chi connectivity index (χ2v) is 11.7. The van der Waals surface area contributed by atoms with Gasteiger partial charge in [0.2, 0.25) is 10.0 Å². The van der Waals surface area contributed by atoms with Gasteiger partial charge in [-0.25, -0.2) is 22.7 Å². The number of piperidine rings is 1.